The molecule has 1 aliphatic carbocycles. The Morgan fingerprint density at radius 1 is 0.688 bits per heavy atom. The van der Waals surface area contributed by atoms with Crippen LogP contribution in [0.15, 0.2) is 37.9 Å². The van der Waals surface area contributed by atoms with E-state index in [1.807, 2.05) is 0 Å². The van der Waals surface area contributed by atoms with Gasteiger partial charge in [-0.15, -0.1) is 0 Å². The molecule has 0 saturated carbocycles. The Hall–Kier alpha value is -5.68. The molecule has 12 nitrogen and oxygen atoms in total. The maximum Gasteiger partial charge on any atom is 0.420 e. The number of amides is 3. The average molecular weight is 679 g/mol. The lowest BCUT2D eigenvalue weighted by molar-refractivity contribution is -0.137. The molecule has 5 rings (SSSR count). The van der Waals surface area contributed by atoms with Gasteiger partial charge in [0.05, 0.1) is 22.4 Å². The molecule has 2 aliphatic rings. The van der Waals surface area contributed by atoms with Crippen LogP contribution in [0, 0.1) is 0 Å². The van der Waals surface area contributed by atoms with Gasteiger partial charge in [0.2, 0.25) is 11.3 Å². The van der Waals surface area contributed by atoms with E-state index >= 15 is 0 Å². The molecule has 18 heteroatoms. The zero-order valence-electron chi connectivity index (χ0n) is 25.8. The number of aromatic nitrogens is 2. The predicted octanol–water partition coefficient (Wildman–Crippen LogP) is 4.83. The van der Waals surface area contributed by atoms with Crippen LogP contribution in [0.2, 0.25) is 0 Å². The number of fused-ring (bicyclic) bond motifs is 3. The highest BCUT2D eigenvalue weighted by Gasteiger charge is 2.40. The second-order valence-electron chi connectivity index (χ2n) is 11.2. The molecule has 48 heavy (non-hydrogen) atoms. The van der Waals surface area contributed by atoms with E-state index in [9.17, 15) is 45.5 Å². The lowest BCUT2D eigenvalue weighted by Gasteiger charge is -2.20. The smallest absolute Gasteiger partial charge is 0.420 e. The number of nitrogen functional groups attached to an aromatic ring is 1. The summed E-state index contributed by atoms with van der Waals surface area (Å²) in [5, 5.41) is 0. The van der Waals surface area contributed by atoms with Crippen molar-refractivity contribution in [3.05, 3.63) is 62.3 Å². The lowest BCUT2D eigenvalue weighted by Crippen LogP contribution is -2.28. The quantitative estimate of drug-likeness (QED) is 0.160. The molecule has 0 unspecified atom stereocenters. The van der Waals surface area contributed by atoms with Crippen molar-refractivity contribution < 1.29 is 49.6 Å². The number of anilines is 1. The molecule has 0 bridgehead atoms. The van der Waals surface area contributed by atoms with Gasteiger partial charge in [0.1, 0.15) is 33.4 Å². The van der Waals surface area contributed by atoms with Crippen molar-refractivity contribution in [1.29, 1.82) is 0 Å². The number of hydrogen-bond acceptors (Lipinski definition) is 9. The summed E-state index contributed by atoms with van der Waals surface area (Å²) in [6.07, 6.45) is -10.1. The fraction of sp³-hybridized carbons (Fsp3) is 0.267. The predicted molar refractivity (Wildman–Crippen MR) is 158 cm³/mol. The van der Waals surface area contributed by atoms with Crippen molar-refractivity contribution >= 4 is 45.6 Å². The Morgan fingerprint density at radius 3 is 1.56 bits per heavy atom. The van der Waals surface area contributed by atoms with E-state index in [-0.39, 0.29) is 11.1 Å². The van der Waals surface area contributed by atoms with Crippen LogP contribution in [0.25, 0.3) is 45.1 Å². The van der Waals surface area contributed by atoms with Gasteiger partial charge in [-0.1, -0.05) is 0 Å². The van der Waals surface area contributed by atoms with Crippen LogP contribution < -0.4 is 11.2 Å². The molecule has 1 aromatic heterocycles. The molecule has 0 atom stereocenters. The second kappa shape index (κ2) is 11.2. The summed E-state index contributed by atoms with van der Waals surface area (Å²) < 4.78 is 96.1. The van der Waals surface area contributed by atoms with E-state index in [4.69, 9.17) is 14.6 Å². The number of halogens is 6. The molecular weight excluding hydrogens is 654 g/mol. The Labute approximate surface area is 265 Å². The van der Waals surface area contributed by atoms with Gasteiger partial charge in [0, 0.05) is 42.3 Å². The molecule has 3 aromatic rings. The first-order valence-corrected chi connectivity index (χ1v) is 13.6. The van der Waals surface area contributed by atoms with Crippen molar-refractivity contribution in [3.63, 3.8) is 0 Å². The minimum atomic E-state index is -5.10. The minimum Gasteiger partial charge on any atom is -0.451 e. The zero-order valence-corrected chi connectivity index (χ0v) is 25.8. The summed E-state index contributed by atoms with van der Waals surface area (Å²) in [5.74, 6) is -4.35. The van der Waals surface area contributed by atoms with Crippen molar-refractivity contribution in [2.75, 3.05) is 48.0 Å². The van der Waals surface area contributed by atoms with Gasteiger partial charge in [-0.25, -0.2) is 9.97 Å². The number of nitrogens with two attached hydrogens (primary N) is 1. The normalized spacial score (nSPS) is 12.2. The van der Waals surface area contributed by atoms with Gasteiger partial charge in [0.25, 0.3) is 17.7 Å². The summed E-state index contributed by atoms with van der Waals surface area (Å²) in [6, 6.07) is 2.81. The van der Waals surface area contributed by atoms with Crippen LogP contribution in [-0.2, 0) is 12.4 Å². The van der Waals surface area contributed by atoms with Gasteiger partial charge in [0.15, 0.2) is 16.9 Å². The van der Waals surface area contributed by atoms with Crippen LogP contribution in [0.3, 0.4) is 0 Å². The van der Waals surface area contributed by atoms with E-state index in [0.717, 1.165) is 26.8 Å². The fourth-order valence-electron chi connectivity index (χ4n) is 4.94. The number of benzene rings is 3. The third-order valence-corrected chi connectivity index (χ3v) is 7.24. The van der Waals surface area contributed by atoms with Gasteiger partial charge in [-0.2, -0.15) is 26.3 Å². The summed E-state index contributed by atoms with van der Waals surface area (Å²) in [4.78, 5) is 64.3. The highest BCUT2D eigenvalue weighted by molar-refractivity contribution is 6.10. The summed E-state index contributed by atoms with van der Waals surface area (Å²) >= 11 is 0. The highest BCUT2D eigenvalue weighted by atomic mass is 19.4. The monoisotopic (exact) mass is 678 g/mol. The number of nitrogens with zero attached hydrogens (tertiary/aromatic N) is 5. The largest absolute Gasteiger partial charge is 0.451 e. The van der Waals surface area contributed by atoms with Crippen molar-refractivity contribution in [1.82, 2.24) is 24.7 Å². The molecular formula is C30H24F6N6O6. The van der Waals surface area contributed by atoms with Gasteiger partial charge < -0.3 is 29.3 Å². The van der Waals surface area contributed by atoms with Gasteiger partial charge >= 0.3 is 12.4 Å². The molecule has 1 aliphatic heterocycles. The molecule has 0 saturated heterocycles. The highest BCUT2D eigenvalue weighted by Crippen LogP contribution is 2.44. The summed E-state index contributed by atoms with van der Waals surface area (Å²) in [6.45, 7) is 0. The summed E-state index contributed by atoms with van der Waals surface area (Å²) in [5.41, 5.74) is -5.07. The average Bonchev–Trinajstić information content (AvgIpc) is 3.42. The number of rotatable bonds is 4. The minimum absolute atomic E-state index is 0.367. The SMILES string of the molecule is CN(C)C(=O)c1c2nc3c(C(=O)N(C)C)ccc(C(F)(F)F)c3oc-2c(-c2nc3c(C(=O)N(C)C)ccc(C(F)(F)F)c3o2)c(=O)c1N. The van der Waals surface area contributed by atoms with Crippen LogP contribution in [-0.4, -0.2) is 84.7 Å². The van der Waals surface area contributed by atoms with Crippen LogP contribution >= 0.6 is 0 Å². The van der Waals surface area contributed by atoms with Crippen molar-refractivity contribution in [2.45, 2.75) is 12.4 Å². The first-order chi connectivity index (χ1) is 22.2. The second-order valence-corrected chi connectivity index (χ2v) is 11.2. The van der Waals surface area contributed by atoms with Gasteiger partial charge in [-0.05, 0) is 24.3 Å². The van der Waals surface area contributed by atoms with Gasteiger partial charge in [-0.3, -0.25) is 19.2 Å². The standard InChI is InChI=1S/C30H24F6N6O6/c1-40(2)26(44)11-7-9-13(29(31,32)33)22-18(11)38-20-15(28(46)42(5)6)17(37)21(43)16(24(20)47-22)25-39-19-12(27(45)41(3)4)8-10-14(23(19)48-25)30(34,35)36/h7-10H,37H2,1-6H3. The zero-order chi connectivity index (χ0) is 35.8. The molecule has 0 radical (unpaired) electrons. The fourth-order valence-corrected chi connectivity index (χ4v) is 4.94. The van der Waals surface area contributed by atoms with Crippen LogP contribution in [0.5, 0.6) is 0 Å². The topological polar surface area (TPSA) is 156 Å². The molecule has 3 amide bonds. The van der Waals surface area contributed by atoms with Crippen molar-refractivity contribution in [2.24, 2.45) is 0 Å². The number of hydrogen-bond donors (Lipinski definition) is 1. The third kappa shape index (κ3) is 5.31. The summed E-state index contributed by atoms with van der Waals surface area (Å²) in [7, 11) is 7.83. The Bertz CT molecular complexity index is 2200. The first kappa shape index (κ1) is 33.7. The number of oxazole rings is 1. The molecule has 2 N–H and O–H groups in total. The van der Waals surface area contributed by atoms with E-state index in [1.54, 1.807) is 0 Å². The number of alkyl halides is 6. The molecule has 0 spiro atoms. The number of carbonyl (C=O) groups excluding carboxylic acids is 3. The maximum atomic E-state index is 14.3. The maximum absolute atomic E-state index is 14.3. The van der Waals surface area contributed by atoms with E-state index in [2.05, 4.69) is 9.97 Å². The molecule has 0 fully saturated rings. The van der Waals surface area contributed by atoms with Crippen LogP contribution in [0.1, 0.15) is 42.2 Å². The Balaban J connectivity index is 2.03. The van der Waals surface area contributed by atoms with E-state index in [1.165, 1.54) is 42.3 Å². The van der Waals surface area contributed by atoms with E-state index < -0.39 is 103 Å². The first-order valence-electron chi connectivity index (χ1n) is 13.6. The molecule has 2 heterocycles. The number of carbonyl (C=O) groups is 3. The Morgan fingerprint density at radius 2 is 1.12 bits per heavy atom. The molecule has 2 aromatic carbocycles. The molecule has 252 valence electrons. The lowest BCUT2D eigenvalue weighted by atomic mass is 9.98. The van der Waals surface area contributed by atoms with Crippen LogP contribution in [0.4, 0.5) is 32.0 Å². The third-order valence-electron chi connectivity index (χ3n) is 7.24. The Kier molecular flexibility index (Phi) is 7.88. The van der Waals surface area contributed by atoms with E-state index in [0.29, 0.717) is 12.1 Å². The van der Waals surface area contributed by atoms with Crippen molar-refractivity contribution in [3.8, 4) is 22.9 Å².